The van der Waals surface area contributed by atoms with Crippen molar-refractivity contribution in [2.75, 3.05) is 25.1 Å². The fourth-order valence-corrected chi connectivity index (χ4v) is 4.42. The zero-order valence-electron chi connectivity index (χ0n) is 16.0. The molecule has 0 aliphatic carbocycles. The molecule has 3 rings (SSSR count). The van der Waals surface area contributed by atoms with Crippen molar-refractivity contribution in [3.8, 4) is 0 Å². The van der Waals surface area contributed by atoms with Gasteiger partial charge in [0.2, 0.25) is 0 Å². The highest BCUT2D eigenvalue weighted by atomic mass is 79.9. The second-order valence-electron chi connectivity index (χ2n) is 7.44. The van der Waals surface area contributed by atoms with E-state index in [0.29, 0.717) is 42.2 Å². The zero-order valence-corrected chi connectivity index (χ0v) is 18.3. The lowest BCUT2D eigenvalue weighted by molar-refractivity contribution is -0.0108. The maximum absolute atomic E-state index is 12.5. The number of benzene rings is 1. The first-order valence-electron chi connectivity index (χ1n) is 9.43. The van der Waals surface area contributed by atoms with E-state index >= 15 is 0 Å². The molecule has 0 spiro atoms. The molecular formula is C21H25BrClN3O2. The quantitative estimate of drug-likeness (QED) is 0.652. The van der Waals surface area contributed by atoms with E-state index in [9.17, 15) is 4.79 Å². The number of carbonyl (C=O) groups is 1. The van der Waals surface area contributed by atoms with Crippen LogP contribution in [0.2, 0.25) is 5.02 Å². The van der Waals surface area contributed by atoms with Crippen molar-refractivity contribution in [1.82, 2.24) is 10.3 Å². The number of aromatic nitrogens is 1. The number of nitrogens with one attached hydrogen (secondary N) is 2. The smallest absolute Gasteiger partial charge is 0.252 e. The van der Waals surface area contributed by atoms with E-state index in [0.717, 1.165) is 10.2 Å². The molecule has 1 aliphatic rings. The van der Waals surface area contributed by atoms with Crippen molar-refractivity contribution in [3.63, 3.8) is 0 Å². The number of amides is 1. The second-order valence-corrected chi connectivity index (χ2v) is 8.73. The molecule has 0 bridgehead atoms. The molecule has 0 radical (unpaired) electrons. The second kappa shape index (κ2) is 9.72. The average molecular weight is 467 g/mol. The van der Waals surface area contributed by atoms with Crippen LogP contribution in [0, 0.1) is 17.8 Å². The Labute approximate surface area is 179 Å². The van der Waals surface area contributed by atoms with Gasteiger partial charge >= 0.3 is 0 Å². The summed E-state index contributed by atoms with van der Waals surface area (Å²) in [6, 6.07) is 9.30. The van der Waals surface area contributed by atoms with E-state index in [1.54, 1.807) is 24.5 Å². The van der Waals surface area contributed by atoms with Crippen molar-refractivity contribution < 1.29 is 9.53 Å². The van der Waals surface area contributed by atoms with Crippen LogP contribution in [0.25, 0.3) is 0 Å². The number of hydrogen-bond acceptors (Lipinski definition) is 4. The van der Waals surface area contributed by atoms with Gasteiger partial charge < -0.3 is 15.4 Å². The van der Waals surface area contributed by atoms with Gasteiger partial charge in [-0.2, -0.15) is 0 Å². The number of ether oxygens (including phenoxy) is 1. The van der Waals surface area contributed by atoms with Crippen LogP contribution in [0.1, 0.15) is 24.2 Å². The molecule has 1 saturated heterocycles. The lowest BCUT2D eigenvalue weighted by Gasteiger charge is -2.41. The van der Waals surface area contributed by atoms with Crippen molar-refractivity contribution in [2.45, 2.75) is 19.9 Å². The molecule has 7 heteroatoms. The number of nitrogens with zero attached hydrogens (tertiary/aromatic N) is 1. The molecule has 2 N–H and O–H groups in total. The topological polar surface area (TPSA) is 63.2 Å². The minimum absolute atomic E-state index is 0.0767. The van der Waals surface area contributed by atoms with Crippen molar-refractivity contribution in [1.29, 1.82) is 0 Å². The van der Waals surface area contributed by atoms with Crippen molar-refractivity contribution in [3.05, 3.63) is 57.8 Å². The number of hydrogen-bond donors (Lipinski definition) is 2. The monoisotopic (exact) mass is 465 g/mol. The highest BCUT2D eigenvalue weighted by Crippen LogP contribution is 2.33. The van der Waals surface area contributed by atoms with Gasteiger partial charge in [0.15, 0.2) is 0 Å². The van der Waals surface area contributed by atoms with Crippen LogP contribution < -0.4 is 10.6 Å². The van der Waals surface area contributed by atoms with Gasteiger partial charge in [-0.15, -0.1) is 0 Å². The maximum Gasteiger partial charge on any atom is 0.252 e. The number of pyridine rings is 1. The van der Waals surface area contributed by atoms with Gasteiger partial charge in [-0.05, 0) is 58.1 Å². The van der Waals surface area contributed by atoms with E-state index in [1.807, 2.05) is 18.2 Å². The van der Waals surface area contributed by atoms with Gasteiger partial charge in [0.25, 0.3) is 5.91 Å². The predicted molar refractivity (Wildman–Crippen MR) is 116 cm³/mol. The summed E-state index contributed by atoms with van der Waals surface area (Å²) in [5.74, 6) is 0.913. The van der Waals surface area contributed by atoms with Crippen LogP contribution in [-0.4, -0.2) is 36.7 Å². The Kier molecular flexibility index (Phi) is 7.32. The average Bonchev–Trinajstić information content (AvgIpc) is 2.69. The van der Waals surface area contributed by atoms with E-state index in [2.05, 4.69) is 45.4 Å². The van der Waals surface area contributed by atoms with Gasteiger partial charge in [0, 0.05) is 40.0 Å². The fraction of sp³-hybridized carbons (Fsp3) is 0.429. The molecule has 150 valence electrons. The molecule has 5 nitrogen and oxygen atoms in total. The third kappa shape index (κ3) is 5.25. The summed E-state index contributed by atoms with van der Waals surface area (Å²) in [4.78, 5) is 16.5. The zero-order chi connectivity index (χ0) is 20.1. The first-order chi connectivity index (χ1) is 13.5. The number of anilines is 1. The summed E-state index contributed by atoms with van der Waals surface area (Å²) in [6.07, 6.45) is 3.24. The standard InChI is InChI=1S/C21H25BrClN3O2/c1-13(2)17-11-28-12-20(26-19-6-5-15(23)8-18(19)22)16(17)10-25-21(27)14-4-3-7-24-9-14/h3-9,13,16-17,20,26H,10-12H2,1-2H3,(H,25,27). The van der Waals surface area contributed by atoms with Crippen molar-refractivity contribution in [2.24, 2.45) is 17.8 Å². The molecular weight excluding hydrogens is 442 g/mol. The minimum Gasteiger partial charge on any atom is -0.379 e. The third-order valence-electron chi connectivity index (χ3n) is 5.22. The fourth-order valence-electron chi connectivity index (χ4n) is 3.62. The molecule has 1 amide bonds. The Morgan fingerprint density at radius 2 is 2.18 bits per heavy atom. The first kappa shape index (κ1) is 21.1. The van der Waals surface area contributed by atoms with E-state index in [1.165, 1.54) is 0 Å². The Balaban J connectivity index is 1.74. The first-order valence-corrected chi connectivity index (χ1v) is 10.6. The van der Waals surface area contributed by atoms with Gasteiger partial charge in [-0.3, -0.25) is 9.78 Å². The number of rotatable bonds is 6. The summed E-state index contributed by atoms with van der Waals surface area (Å²) in [5, 5.41) is 7.34. The van der Waals surface area contributed by atoms with Crippen LogP contribution in [0.3, 0.4) is 0 Å². The Bertz CT molecular complexity index is 803. The SMILES string of the molecule is CC(C)C1COCC(Nc2ccc(Cl)cc2Br)C1CNC(=O)c1cccnc1. The lowest BCUT2D eigenvalue weighted by Crippen LogP contribution is -2.50. The van der Waals surface area contributed by atoms with Gasteiger partial charge in [-0.25, -0.2) is 0 Å². The Morgan fingerprint density at radius 3 is 2.86 bits per heavy atom. The van der Waals surface area contributed by atoms with Crippen molar-refractivity contribution >= 4 is 39.1 Å². The normalized spacial score (nSPS) is 22.1. The molecule has 28 heavy (non-hydrogen) atoms. The summed E-state index contributed by atoms with van der Waals surface area (Å²) < 4.78 is 6.79. The summed E-state index contributed by atoms with van der Waals surface area (Å²) >= 11 is 9.63. The number of halogens is 2. The van der Waals surface area contributed by atoms with Gasteiger partial charge in [0.05, 0.1) is 24.8 Å². The molecule has 2 aromatic rings. The largest absolute Gasteiger partial charge is 0.379 e. The van der Waals surface area contributed by atoms with Crippen LogP contribution in [0.5, 0.6) is 0 Å². The van der Waals surface area contributed by atoms with E-state index < -0.39 is 0 Å². The molecule has 3 atom stereocenters. The summed E-state index contributed by atoms with van der Waals surface area (Å²) in [5.41, 5.74) is 1.53. The molecule has 3 unspecified atom stereocenters. The van der Waals surface area contributed by atoms with Crippen LogP contribution >= 0.6 is 27.5 Å². The number of carbonyl (C=O) groups excluding carboxylic acids is 1. The molecule has 1 aliphatic heterocycles. The summed E-state index contributed by atoms with van der Waals surface area (Å²) in [7, 11) is 0. The predicted octanol–water partition coefficient (Wildman–Crippen LogP) is 4.63. The minimum atomic E-state index is -0.103. The van der Waals surface area contributed by atoms with E-state index in [4.69, 9.17) is 16.3 Å². The van der Waals surface area contributed by atoms with Gasteiger partial charge in [0.1, 0.15) is 0 Å². The van der Waals surface area contributed by atoms with Crippen LogP contribution in [0.4, 0.5) is 5.69 Å². The van der Waals surface area contributed by atoms with Crippen LogP contribution in [0.15, 0.2) is 47.2 Å². The third-order valence-corrected chi connectivity index (χ3v) is 6.12. The molecule has 1 aromatic carbocycles. The van der Waals surface area contributed by atoms with Gasteiger partial charge in [-0.1, -0.05) is 25.4 Å². The van der Waals surface area contributed by atoms with E-state index in [-0.39, 0.29) is 17.9 Å². The Morgan fingerprint density at radius 1 is 1.36 bits per heavy atom. The maximum atomic E-state index is 12.5. The molecule has 1 aromatic heterocycles. The summed E-state index contributed by atoms with van der Waals surface area (Å²) in [6.45, 7) is 6.26. The highest BCUT2D eigenvalue weighted by molar-refractivity contribution is 9.10. The Hall–Kier alpha value is -1.63. The lowest BCUT2D eigenvalue weighted by atomic mass is 9.78. The molecule has 2 heterocycles. The highest BCUT2D eigenvalue weighted by Gasteiger charge is 2.36. The van der Waals surface area contributed by atoms with Crippen LogP contribution in [-0.2, 0) is 4.74 Å². The molecule has 0 saturated carbocycles. The molecule has 1 fully saturated rings.